The number of Topliss-reactive ketones (excluding diaryl/α,β-unsaturated/α-hetero) is 1. The summed E-state index contributed by atoms with van der Waals surface area (Å²) in [6.07, 6.45) is 5.65. The summed E-state index contributed by atoms with van der Waals surface area (Å²) in [5, 5.41) is 17.0. The number of rotatable bonds is 7. The number of ketones is 1. The van der Waals surface area contributed by atoms with Gasteiger partial charge in [-0.2, -0.15) is 10.2 Å². The second-order valence-corrected chi connectivity index (χ2v) is 6.86. The first kappa shape index (κ1) is 18.3. The van der Waals surface area contributed by atoms with Crippen LogP contribution < -0.4 is 10.9 Å². The third-order valence-electron chi connectivity index (χ3n) is 4.83. The Morgan fingerprint density at radius 1 is 1.25 bits per heavy atom. The number of carboxylic acid groups (broad SMARTS) is 1. The highest BCUT2D eigenvalue weighted by molar-refractivity contribution is 6.00. The van der Waals surface area contributed by atoms with Crippen molar-refractivity contribution >= 4 is 11.8 Å². The monoisotopic (exact) mass is 380 g/mol. The molecular formula is C20H20N4O4. The number of nitrogens with zero attached hydrogens (tertiary/aromatic N) is 2. The lowest BCUT2D eigenvalue weighted by molar-refractivity contribution is -0.137. The lowest BCUT2D eigenvalue weighted by Gasteiger charge is -2.21. The Balaban J connectivity index is 1.46. The number of carboxylic acids is 1. The third kappa shape index (κ3) is 4.24. The fourth-order valence-electron chi connectivity index (χ4n) is 3.29. The maximum absolute atomic E-state index is 12.7. The number of benzene rings is 1. The van der Waals surface area contributed by atoms with Gasteiger partial charge in [-0.3, -0.25) is 9.59 Å². The van der Waals surface area contributed by atoms with Crippen molar-refractivity contribution in [2.24, 2.45) is 16.1 Å². The van der Waals surface area contributed by atoms with Crippen LogP contribution in [0.2, 0.25) is 0 Å². The van der Waals surface area contributed by atoms with Gasteiger partial charge >= 0.3 is 5.97 Å². The van der Waals surface area contributed by atoms with Crippen molar-refractivity contribution in [1.82, 2.24) is 10.9 Å². The van der Waals surface area contributed by atoms with Gasteiger partial charge in [0.25, 0.3) is 0 Å². The van der Waals surface area contributed by atoms with Crippen LogP contribution in [0.15, 0.2) is 69.9 Å². The molecule has 1 fully saturated rings. The van der Waals surface area contributed by atoms with Crippen LogP contribution in [0.3, 0.4) is 0 Å². The van der Waals surface area contributed by atoms with Gasteiger partial charge in [0.1, 0.15) is 18.5 Å². The summed E-state index contributed by atoms with van der Waals surface area (Å²) in [5.41, 5.74) is 9.16. The van der Waals surface area contributed by atoms with E-state index in [1.807, 2.05) is 24.3 Å². The first-order valence-electron chi connectivity index (χ1n) is 9.10. The molecule has 2 aliphatic heterocycles. The van der Waals surface area contributed by atoms with Gasteiger partial charge in [-0.1, -0.05) is 30.3 Å². The van der Waals surface area contributed by atoms with Gasteiger partial charge in [-0.05, 0) is 17.5 Å². The van der Waals surface area contributed by atoms with Crippen molar-refractivity contribution in [3.63, 3.8) is 0 Å². The minimum atomic E-state index is -0.893. The Morgan fingerprint density at radius 2 is 2.04 bits per heavy atom. The lowest BCUT2D eigenvalue weighted by atomic mass is 9.85. The van der Waals surface area contributed by atoms with Crippen LogP contribution >= 0.6 is 0 Å². The average molecular weight is 380 g/mol. The van der Waals surface area contributed by atoms with Crippen molar-refractivity contribution in [1.29, 1.82) is 0 Å². The molecular weight excluding hydrogens is 360 g/mol. The Bertz CT molecular complexity index is 911. The summed E-state index contributed by atoms with van der Waals surface area (Å²) in [4.78, 5) is 23.6. The minimum Gasteiger partial charge on any atom is -0.493 e. The van der Waals surface area contributed by atoms with Gasteiger partial charge in [0.2, 0.25) is 0 Å². The number of carbonyl (C=O) groups excluding carboxylic acids is 1. The zero-order chi connectivity index (χ0) is 19.5. The molecule has 28 heavy (non-hydrogen) atoms. The van der Waals surface area contributed by atoms with Crippen LogP contribution in [-0.4, -0.2) is 16.9 Å². The summed E-state index contributed by atoms with van der Waals surface area (Å²) in [5.74, 6) is -0.759. The molecule has 144 valence electrons. The highest BCUT2D eigenvalue weighted by atomic mass is 16.5. The minimum absolute atomic E-state index is 0.0198. The quantitative estimate of drug-likeness (QED) is 0.623. The first-order valence-corrected chi connectivity index (χ1v) is 9.10. The largest absolute Gasteiger partial charge is 0.493 e. The van der Waals surface area contributed by atoms with E-state index in [2.05, 4.69) is 21.1 Å². The number of azo groups is 1. The van der Waals surface area contributed by atoms with E-state index in [1.165, 1.54) is 6.20 Å². The van der Waals surface area contributed by atoms with Crippen LogP contribution in [0, 0.1) is 5.92 Å². The molecule has 0 radical (unpaired) electrons. The molecule has 2 heterocycles. The Kier molecular flexibility index (Phi) is 5.14. The van der Waals surface area contributed by atoms with Crippen LogP contribution in [-0.2, 0) is 20.9 Å². The van der Waals surface area contributed by atoms with E-state index in [1.54, 1.807) is 12.2 Å². The topological polar surface area (TPSA) is 132 Å². The molecule has 8 nitrogen and oxygen atoms in total. The van der Waals surface area contributed by atoms with Crippen molar-refractivity contribution < 1.29 is 19.4 Å². The first-order chi connectivity index (χ1) is 13.6. The van der Waals surface area contributed by atoms with E-state index in [4.69, 9.17) is 9.84 Å². The number of hydrogen-bond donors (Lipinski definition) is 3. The van der Waals surface area contributed by atoms with Gasteiger partial charge in [0, 0.05) is 30.2 Å². The van der Waals surface area contributed by atoms with Gasteiger partial charge in [-0.25, -0.2) is 10.9 Å². The van der Waals surface area contributed by atoms with Crippen molar-refractivity contribution in [2.75, 3.05) is 0 Å². The van der Waals surface area contributed by atoms with E-state index >= 15 is 0 Å². The number of aliphatic carboxylic acids is 1. The molecule has 0 saturated carbocycles. The lowest BCUT2D eigenvalue weighted by Crippen LogP contribution is -2.19. The summed E-state index contributed by atoms with van der Waals surface area (Å²) in [7, 11) is 0. The molecule has 0 bridgehead atoms. The van der Waals surface area contributed by atoms with Crippen molar-refractivity contribution in [2.45, 2.75) is 32.0 Å². The number of hydrogen-bond acceptors (Lipinski definition) is 7. The maximum atomic E-state index is 12.7. The molecule has 0 spiro atoms. The van der Waals surface area contributed by atoms with Gasteiger partial charge in [-0.15, -0.1) is 0 Å². The Hall–Kier alpha value is -3.10. The van der Waals surface area contributed by atoms with E-state index in [0.29, 0.717) is 30.1 Å². The van der Waals surface area contributed by atoms with Crippen LogP contribution in [0.25, 0.3) is 0 Å². The van der Waals surface area contributed by atoms with Crippen molar-refractivity contribution in [3.8, 4) is 0 Å². The number of ether oxygens (including phenoxy) is 1. The molecule has 3 N–H and O–H groups in total. The summed E-state index contributed by atoms with van der Waals surface area (Å²) >= 11 is 0. The zero-order valence-corrected chi connectivity index (χ0v) is 15.1. The fraction of sp³-hybridized carbons (Fsp3) is 0.300. The molecule has 1 aliphatic carbocycles. The Labute approximate surface area is 161 Å². The van der Waals surface area contributed by atoms with E-state index in [0.717, 1.165) is 11.1 Å². The van der Waals surface area contributed by atoms with Crippen LogP contribution in [0.5, 0.6) is 0 Å². The number of carbonyl (C=O) groups is 2. The highest BCUT2D eigenvalue weighted by Crippen LogP contribution is 2.33. The molecule has 4 rings (SSSR count). The molecule has 1 aromatic carbocycles. The molecule has 1 atom stereocenters. The van der Waals surface area contributed by atoms with Crippen LogP contribution in [0.4, 0.5) is 0 Å². The molecule has 0 aromatic heterocycles. The second-order valence-electron chi connectivity index (χ2n) is 6.86. The van der Waals surface area contributed by atoms with Gasteiger partial charge in [0.15, 0.2) is 5.78 Å². The SMILES string of the molecule is O=C(O)CCC1C=CN=NC2=C1C(=O)CC(OCc1ccc(C3NN3)cc1)=C2. The van der Waals surface area contributed by atoms with E-state index < -0.39 is 5.97 Å². The van der Waals surface area contributed by atoms with E-state index in [-0.39, 0.29) is 30.7 Å². The standard InChI is InChI=1S/C20H20N4O4/c25-17-10-15(28-11-12-1-3-14(4-2-12)20-23-24-20)9-16-19(17)13(5-6-18(26)27)7-8-21-22-16/h1-4,7-9,13,20,23-24H,5-6,10-11H2,(H,26,27). The summed E-state index contributed by atoms with van der Waals surface area (Å²) in [6.45, 7) is 0.353. The fourth-order valence-corrected chi connectivity index (χ4v) is 3.29. The number of allylic oxidation sites excluding steroid dienone is 4. The van der Waals surface area contributed by atoms with E-state index in [9.17, 15) is 9.59 Å². The smallest absolute Gasteiger partial charge is 0.303 e. The average Bonchev–Trinajstić information content (AvgIpc) is 3.52. The summed E-state index contributed by atoms with van der Waals surface area (Å²) in [6, 6.07) is 8.03. The molecule has 1 unspecified atom stereocenters. The molecule has 8 heteroatoms. The highest BCUT2D eigenvalue weighted by Gasteiger charge is 2.29. The molecule has 0 amide bonds. The number of nitrogens with one attached hydrogen (secondary N) is 2. The predicted octanol–water partition coefficient (Wildman–Crippen LogP) is 2.88. The zero-order valence-electron chi connectivity index (χ0n) is 15.1. The van der Waals surface area contributed by atoms with Gasteiger partial charge < -0.3 is 9.84 Å². The summed E-state index contributed by atoms with van der Waals surface area (Å²) < 4.78 is 5.84. The maximum Gasteiger partial charge on any atom is 0.303 e. The third-order valence-corrected chi connectivity index (χ3v) is 4.83. The van der Waals surface area contributed by atoms with Crippen molar-refractivity contribution in [3.05, 3.63) is 70.8 Å². The molecule has 3 aliphatic rings. The van der Waals surface area contributed by atoms with Crippen LogP contribution in [0.1, 0.15) is 36.6 Å². The second kappa shape index (κ2) is 7.87. The normalized spacial score (nSPS) is 21.2. The molecule has 1 aromatic rings. The Morgan fingerprint density at radius 3 is 2.75 bits per heavy atom. The molecule has 1 saturated heterocycles. The number of hydrazine groups is 1. The van der Waals surface area contributed by atoms with Gasteiger partial charge in [0.05, 0.1) is 12.1 Å². The predicted molar refractivity (Wildman–Crippen MR) is 99.3 cm³/mol.